The number of pyridine rings is 1. The first kappa shape index (κ1) is 10.4. The fourth-order valence-electron chi connectivity index (χ4n) is 1.24. The SMILES string of the molecule is Nc1cccc(Nc2ccc(F)c(F)c2)n1. The normalized spacial score (nSPS) is 10.1. The first-order chi connectivity index (χ1) is 7.65. The number of anilines is 3. The van der Waals surface area contributed by atoms with Crippen LogP contribution in [0, 0.1) is 11.6 Å². The summed E-state index contributed by atoms with van der Waals surface area (Å²) in [5.74, 6) is -0.960. The monoisotopic (exact) mass is 221 g/mol. The summed E-state index contributed by atoms with van der Waals surface area (Å²) in [6, 6.07) is 8.55. The molecule has 3 nitrogen and oxygen atoms in total. The van der Waals surface area contributed by atoms with Crippen molar-refractivity contribution < 1.29 is 8.78 Å². The van der Waals surface area contributed by atoms with Crippen molar-refractivity contribution in [1.82, 2.24) is 4.98 Å². The second-order valence-electron chi connectivity index (χ2n) is 3.20. The molecule has 5 heteroatoms. The van der Waals surface area contributed by atoms with Gasteiger partial charge in [-0.2, -0.15) is 0 Å². The van der Waals surface area contributed by atoms with Crippen LogP contribution in [0.15, 0.2) is 36.4 Å². The van der Waals surface area contributed by atoms with E-state index in [9.17, 15) is 8.78 Å². The van der Waals surface area contributed by atoms with Crippen LogP contribution in [0.5, 0.6) is 0 Å². The molecule has 2 aromatic rings. The number of nitrogens with two attached hydrogens (primary N) is 1. The number of halogens is 2. The van der Waals surface area contributed by atoms with E-state index in [1.807, 2.05) is 0 Å². The van der Waals surface area contributed by atoms with E-state index in [0.29, 0.717) is 17.3 Å². The zero-order valence-corrected chi connectivity index (χ0v) is 8.24. The zero-order chi connectivity index (χ0) is 11.5. The molecule has 0 amide bonds. The Morgan fingerprint density at radius 1 is 1.06 bits per heavy atom. The molecule has 0 atom stereocenters. The highest BCUT2D eigenvalue weighted by Crippen LogP contribution is 2.17. The second-order valence-corrected chi connectivity index (χ2v) is 3.20. The topological polar surface area (TPSA) is 50.9 Å². The minimum atomic E-state index is -0.908. The number of rotatable bonds is 2. The van der Waals surface area contributed by atoms with Gasteiger partial charge < -0.3 is 11.1 Å². The van der Waals surface area contributed by atoms with Crippen LogP contribution in [-0.2, 0) is 0 Å². The summed E-state index contributed by atoms with van der Waals surface area (Å²) in [5.41, 5.74) is 5.89. The fraction of sp³-hybridized carbons (Fsp3) is 0. The van der Waals surface area contributed by atoms with Crippen LogP contribution in [0.25, 0.3) is 0 Å². The van der Waals surface area contributed by atoms with E-state index >= 15 is 0 Å². The summed E-state index contributed by atoms with van der Waals surface area (Å²) in [6.45, 7) is 0. The summed E-state index contributed by atoms with van der Waals surface area (Å²) >= 11 is 0. The highest BCUT2D eigenvalue weighted by molar-refractivity contribution is 5.57. The van der Waals surface area contributed by atoms with Gasteiger partial charge in [-0.25, -0.2) is 13.8 Å². The van der Waals surface area contributed by atoms with Crippen LogP contribution in [0.1, 0.15) is 0 Å². The summed E-state index contributed by atoms with van der Waals surface area (Å²) < 4.78 is 25.6. The summed E-state index contributed by atoms with van der Waals surface area (Å²) in [4.78, 5) is 3.97. The van der Waals surface area contributed by atoms with Gasteiger partial charge >= 0.3 is 0 Å². The van der Waals surface area contributed by atoms with Crippen molar-refractivity contribution in [2.45, 2.75) is 0 Å². The smallest absolute Gasteiger partial charge is 0.160 e. The molecule has 16 heavy (non-hydrogen) atoms. The maximum atomic E-state index is 12.9. The van der Waals surface area contributed by atoms with Crippen LogP contribution in [-0.4, -0.2) is 4.98 Å². The largest absolute Gasteiger partial charge is 0.384 e. The lowest BCUT2D eigenvalue weighted by molar-refractivity contribution is 0.509. The van der Waals surface area contributed by atoms with E-state index in [1.165, 1.54) is 6.07 Å². The van der Waals surface area contributed by atoms with Crippen LogP contribution in [0.2, 0.25) is 0 Å². The van der Waals surface area contributed by atoms with E-state index in [1.54, 1.807) is 18.2 Å². The lowest BCUT2D eigenvalue weighted by atomic mass is 10.3. The molecule has 0 unspecified atom stereocenters. The third-order valence-corrected chi connectivity index (χ3v) is 1.96. The Kier molecular flexibility index (Phi) is 2.68. The quantitative estimate of drug-likeness (QED) is 0.819. The predicted octanol–water partition coefficient (Wildman–Crippen LogP) is 2.69. The van der Waals surface area contributed by atoms with Gasteiger partial charge in [-0.05, 0) is 24.3 Å². The summed E-state index contributed by atoms with van der Waals surface area (Å²) in [7, 11) is 0. The van der Waals surface area contributed by atoms with Gasteiger partial charge in [0.05, 0.1) is 0 Å². The van der Waals surface area contributed by atoms with Crippen molar-refractivity contribution in [1.29, 1.82) is 0 Å². The summed E-state index contributed by atoms with van der Waals surface area (Å²) in [5, 5.41) is 2.82. The van der Waals surface area contributed by atoms with Crippen LogP contribution in [0.4, 0.5) is 26.1 Å². The number of hydrogen-bond donors (Lipinski definition) is 2. The minimum Gasteiger partial charge on any atom is -0.384 e. The molecule has 3 N–H and O–H groups in total. The molecule has 1 heterocycles. The van der Waals surface area contributed by atoms with Gasteiger partial charge in [-0.3, -0.25) is 0 Å². The van der Waals surface area contributed by atoms with Gasteiger partial charge in [0.2, 0.25) is 0 Å². The van der Waals surface area contributed by atoms with E-state index in [2.05, 4.69) is 10.3 Å². The lowest BCUT2D eigenvalue weighted by Crippen LogP contribution is -1.97. The van der Waals surface area contributed by atoms with Crippen molar-refractivity contribution in [3.63, 3.8) is 0 Å². The van der Waals surface area contributed by atoms with Gasteiger partial charge in [0.15, 0.2) is 11.6 Å². The molecule has 0 saturated carbocycles. The lowest BCUT2D eigenvalue weighted by Gasteiger charge is -2.06. The molecule has 0 aliphatic heterocycles. The first-order valence-electron chi connectivity index (χ1n) is 4.60. The molecular weight excluding hydrogens is 212 g/mol. The molecule has 0 aliphatic rings. The predicted molar refractivity (Wildman–Crippen MR) is 58.3 cm³/mol. The Balaban J connectivity index is 2.24. The molecule has 2 rings (SSSR count). The van der Waals surface area contributed by atoms with Crippen molar-refractivity contribution in [2.24, 2.45) is 0 Å². The Hall–Kier alpha value is -2.17. The van der Waals surface area contributed by atoms with Crippen LogP contribution >= 0.6 is 0 Å². The Morgan fingerprint density at radius 3 is 2.56 bits per heavy atom. The van der Waals surface area contributed by atoms with Gasteiger partial charge in [0.1, 0.15) is 11.6 Å². The molecule has 82 valence electrons. The molecular formula is C11H9F2N3. The van der Waals surface area contributed by atoms with Gasteiger partial charge in [-0.1, -0.05) is 6.07 Å². The average molecular weight is 221 g/mol. The molecule has 0 fully saturated rings. The molecule has 1 aromatic carbocycles. The fourth-order valence-corrected chi connectivity index (χ4v) is 1.24. The maximum Gasteiger partial charge on any atom is 0.160 e. The molecule has 0 saturated heterocycles. The number of benzene rings is 1. The number of nitrogens with zero attached hydrogens (tertiary/aromatic N) is 1. The van der Waals surface area contributed by atoms with Crippen molar-refractivity contribution in [3.05, 3.63) is 48.0 Å². The van der Waals surface area contributed by atoms with Crippen molar-refractivity contribution >= 4 is 17.3 Å². The van der Waals surface area contributed by atoms with E-state index in [-0.39, 0.29) is 0 Å². The number of nitrogens with one attached hydrogen (secondary N) is 1. The molecule has 0 radical (unpaired) electrons. The highest BCUT2D eigenvalue weighted by Gasteiger charge is 2.03. The number of aromatic nitrogens is 1. The van der Waals surface area contributed by atoms with E-state index < -0.39 is 11.6 Å². The average Bonchev–Trinajstić information content (AvgIpc) is 2.24. The van der Waals surface area contributed by atoms with Crippen molar-refractivity contribution in [2.75, 3.05) is 11.1 Å². The minimum absolute atomic E-state index is 0.354. The molecule has 0 spiro atoms. The Bertz CT molecular complexity index is 514. The molecule has 1 aromatic heterocycles. The van der Waals surface area contributed by atoms with E-state index in [4.69, 9.17) is 5.73 Å². The molecule has 0 aliphatic carbocycles. The third kappa shape index (κ3) is 2.25. The van der Waals surface area contributed by atoms with Crippen molar-refractivity contribution in [3.8, 4) is 0 Å². The maximum absolute atomic E-state index is 12.9. The third-order valence-electron chi connectivity index (χ3n) is 1.96. The molecule has 0 bridgehead atoms. The number of nitrogen functional groups attached to an aromatic ring is 1. The number of hydrogen-bond acceptors (Lipinski definition) is 3. The standard InChI is InChI=1S/C11H9F2N3/c12-8-5-4-7(6-9(8)13)15-11-3-1-2-10(14)16-11/h1-6H,(H3,14,15,16). The van der Waals surface area contributed by atoms with Gasteiger partial charge in [0.25, 0.3) is 0 Å². The van der Waals surface area contributed by atoms with Gasteiger partial charge in [0, 0.05) is 11.8 Å². The summed E-state index contributed by atoms with van der Waals surface area (Å²) in [6.07, 6.45) is 0. The Morgan fingerprint density at radius 2 is 1.88 bits per heavy atom. The van der Waals surface area contributed by atoms with Gasteiger partial charge in [-0.15, -0.1) is 0 Å². The highest BCUT2D eigenvalue weighted by atomic mass is 19.2. The Labute approximate surface area is 90.9 Å². The van der Waals surface area contributed by atoms with E-state index in [0.717, 1.165) is 12.1 Å². The zero-order valence-electron chi connectivity index (χ0n) is 8.24. The van der Waals surface area contributed by atoms with Crippen LogP contribution < -0.4 is 11.1 Å². The van der Waals surface area contributed by atoms with Crippen LogP contribution in [0.3, 0.4) is 0 Å². The second kappa shape index (κ2) is 4.14. The first-order valence-corrected chi connectivity index (χ1v) is 4.60.